The van der Waals surface area contributed by atoms with Crippen molar-refractivity contribution in [3.8, 4) is 0 Å². The van der Waals surface area contributed by atoms with Gasteiger partial charge in [0.2, 0.25) is 0 Å². The van der Waals surface area contributed by atoms with E-state index in [1.165, 1.54) is 12.8 Å². The Morgan fingerprint density at radius 1 is 1.27 bits per heavy atom. The normalized spacial score (nSPS) is 30.2. The molecule has 1 saturated carbocycles. The zero-order valence-corrected chi connectivity index (χ0v) is 10.0. The lowest BCUT2D eigenvalue weighted by Gasteiger charge is -2.27. The molecule has 90 valence electrons. The third-order valence-electron chi connectivity index (χ3n) is 3.24. The van der Waals surface area contributed by atoms with Gasteiger partial charge in [-0.3, -0.25) is 0 Å². The van der Waals surface area contributed by atoms with E-state index in [0.29, 0.717) is 12.5 Å². The minimum absolute atomic E-state index is 0.135. The Labute approximate surface area is 93.1 Å². The van der Waals surface area contributed by atoms with Gasteiger partial charge in [0.05, 0.1) is 12.2 Å². The van der Waals surface area contributed by atoms with Crippen LogP contribution in [-0.4, -0.2) is 47.5 Å². The van der Waals surface area contributed by atoms with Gasteiger partial charge in [-0.25, -0.2) is 0 Å². The average Bonchev–Trinajstić information content (AvgIpc) is 2.30. The molecule has 0 saturated heterocycles. The number of likely N-dealkylation sites (N-methyl/N-ethyl adjacent to an activating group) is 1. The van der Waals surface area contributed by atoms with Crippen LogP contribution in [-0.2, 0) is 0 Å². The number of aliphatic hydroxyl groups is 2. The molecule has 0 amide bonds. The highest BCUT2D eigenvalue weighted by molar-refractivity contribution is 4.75. The van der Waals surface area contributed by atoms with E-state index in [1.807, 2.05) is 7.05 Å². The van der Waals surface area contributed by atoms with Gasteiger partial charge in [0.25, 0.3) is 0 Å². The first-order valence-corrected chi connectivity index (χ1v) is 6.14. The first kappa shape index (κ1) is 12.9. The van der Waals surface area contributed by atoms with Gasteiger partial charge in [0, 0.05) is 13.1 Å². The summed E-state index contributed by atoms with van der Waals surface area (Å²) in [4.78, 5) is 2.13. The molecule has 1 fully saturated rings. The quantitative estimate of drug-likeness (QED) is 0.693. The topological polar surface area (TPSA) is 43.7 Å². The summed E-state index contributed by atoms with van der Waals surface area (Å²) in [6, 6.07) is 0. The van der Waals surface area contributed by atoms with E-state index >= 15 is 0 Å². The van der Waals surface area contributed by atoms with Gasteiger partial charge < -0.3 is 15.1 Å². The molecule has 1 rings (SSSR count). The molecule has 0 spiro atoms. The summed E-state index contributed by atoms with van der Waals surface area (Å²) in [5.74, 6) is 0.399. The summed E-state index contributed by atoms with van der Waals surface area (Å²) in [7, 11) is 2.02. The van der Waals surface area contributed by atoms with Crippen molar-refractivity contribution in [2.24, 2.45) is 5.92 Å². The minimum Gasteiger partial charge on any atom is -0.393 e. The molecule has 3 atom stereocenters. The van der Waals surface area contributed by atoms with Crippen molar-refractivity contribution in [3.63, 3.8) is 0 Å². The van der Waals surface area contributed by atoms with Gasteiger partial charge in [-0.1, -0.05) is 19.3 Å². The highest BCUT2D eigenvalue weighted by atomic mass is 16.3. The highest BCUT2D eigenvalue weighted by Crippen LogP contribution is 2.24. The van der Waals surface area contributed by atoms with Crippen molar-refractivity contribution in [1.29, 1.82) is 0 Å². The van der Waals surface area contributed by atoms with Crippen molar-refractivity contribution >= 4 is 0 Å². The fourth-order valence-electron chi connectivity index (χ4n) is 2.50. The molecule has 1 aliphatic rings. The first-order valence-electron chi connectivity index (χ1n) is 6.14. The van der Waals surface area contributed by atoms with E-state index < -0.39 is 0 Å². The fourth-order valence-corrected chi connectivity index (χ4v) is 2.50. The third kappa shape index (κ3) is 4.96. The molecule has 15 heavy (non-hydrogen) atoms. The van der Waals surface area contributed by atoms with Crippen LogP contribution in [0.1, 0.15) is 39.0 Å². The van der Waals surface area contributed by atoms with Crippen molar-refractivity contribution in [2.45, 2.75) is 51.2 Å². The van der Waals surface area contributed by atoms with Gasteiger partial charge >= 0.3 is 0 Å². The smallest absolute Gasteiger partial charge is 0.0638 e. The Hall–Kier alpha value is -0.120. The van der Waals surface area contributed by atoms with E-state index in [4.69, 9.17) is 0 Å². The molecule has 0 aromatic carbocycles. The molecule has 1 aliphatic carbocycles. The first-order chi connectivity index (χ1) is 7.09. The van der Waals surface area contributed by atoms with E-state index in [9.17, 15) is 10.2 Å². The largest absolute Gasteiger partial charge is 0.393 e. The summed E-state index contributed by atoms with van der Waals surface area (Å²) < 4.78 is 0. The van der Waals surface area contributed by atoms with Crippen molar-refractivity contribution in [1.82, 2.24) is 4.90 Å². The molecular formula is C12H25NO2. The maximum atomic E-state index is 9.94. The Bertz CT molecular complexity index is 173. The number of rotatable bonds is 4. The summed E-state index contributed by atoms with van der Waals surface area (Å²) in [5.41, 5.74) is 0. The molecule has 2 N–H and O–H groups in total. The number of hydrogen-bond donors (Lipinski definition) is 2. The SMILES string of the molecule is CC(O)CN(C)CC1CCCCCC1O. The van der Waals surface area contributed by atoms with Gasteiger partial charge in [-0.05, 0) is 32.7 Å². The van der Waals surface area contributed by atoms with Gasteiger partial charge in [-0.2, -0.15) is 0 Å². The number of nitrogens with zero attached hydrogens (tertiary/aromatic N) is 1. The van der Waals surface area contributed by atoms with Gasteiger partial charge in [0.15, 0.2) is 0 Å². The van der Waals surface area contributed by atoms with E-state index in [1.54, 1.807) is 6.92 Å². The molecular weight excluding hydrogens is 190 g/mol. The Morgan fingerprint density at radius 3 is 2.60 bits per heavy atom. The van der Waals surface area contributed by atoms with E-state index in [2.05, 4.69) is 4.90 Å². The summed E-state index contributed by atoms with van der Waals surface area (Å²) in [6.45, 7) is 3.41. The molecule has 0 aromatic heterocycles. The van der Waals surface area contributed by atoms with E-state index in [-0.39, 0.29) is 12.2 Å². The molecule has 0 heterocycles. The van der Waals surface area contributed by atoms with Crippen LogP contribution >= 0.6 is 0 Å². The molecule has 0 radical (unpaired) electrons. The maximum absolute atomic E-state index is 9.94. The van der Waals surface area contributed by atoms with Crippen LogP contribution in [0.5, 0.6) is 0 Å². The van der Waals surface area contributed by atoms with E-state index in [0.717, 1.165) is 25.8 Å². The lowest BCUT2D eigenvalue weighted by atomic mass is 9.97. The van der Waals surface area contributed by atoms with Crippen molar-refractivity contribution in [3.05, 3.63) is 0 Å². The molecule has 3 nitrogen and oxygen atoms in total. The predicted molar refractivity (Wildman–Crippen MR) is 61.8 cm³/mol. The molecule has 0 aliphatic heterocycles. The van der Waals surface area contributed by atoms with Crippen molar-refractivity contribution < 1.29 is 10.2 Å². The fraction of sp³-hybridized carbons (Fsp3) is 1.00. The Kier molecular flexibility index (Phi) is 5.58. The van der Waals surface area contributed by atoms with Crippen LogP contribution < -0.4 is 0 Å². The van der Waals surface area contributed by atoms with Crippen LogP contribution in [0.25, 0.3) is 0 Å². The van der Waals surface area contributed by atoms with Crippen LogP contribution in [0.15, 0.2) is 0 Å². The Morgan fingerprint density at radius 2 is 1.93 bits per heavy atom. The second-order valence-corrected chi connectivity index (χ2v) is 5.04. The lowest BCUT2D eigenvalue weighted by Crippen LogP contribution is -2.35. The zero-order valence-electron chi connectivity index (χ0n) is 10.0. The number of hydrogen-bond acceptors (Lipinski definition) is 3. The second kappa shape index (κ2) is 6.46. The van der Waals surface area contributed by atoms with Gasteiger partial charge in [0.1, 0.15) is 0 Å². The Balaban J connectivity index is 2.33. The van der Waals surface area contributed by atoms with Crippen LogP contribution in [0.3, 0.4) is 0 Å². The molecule has 3 heteroatoms. The maximum Gasteiger partial charge on any atom is 0.0638 e. The monoisotopic (exact) mass is 215 g/mol. The second-order valence-electron chi connectivity index (χ2n) is 5.04. The summed E-state index contributed by atoms with van der Waals surface area (Å²) in [5, 5.41) is 19.2. The average molecular weight is 215 g/mol. The highest BCUT2D eigenvalue weighted by Gasteiger charge is 2.22. The summed E-state index contributed by atoms with van der Waals surface area (Å²) >= 11 is 0. The molecule has 0 bridgehead atoms. The van der Waals surface area contributed by atoms with Crippen LogP contribution in [0, 0.1) is 5.92 Å². The number of aliphatic hydroxyl groups excluding tert-OH is 2. The predicted octanol–water partition coefficient (Wildman–Crippen LogP) is 1.24. The van der Waals surface area contributed by atoms with Crippen LogP contribution in [0.2, 0.25) is 0 Å². The molecule has 3 unspecified atom stereocenters. The van der Waals surface area contributed by atoms with Gasteiger partial charge in [-0.15, -0.1) is 0 Å². The minimum atomic E-state index is -0.280. The van der Waals surface area contributed by atoms with Crippen molar-refractivity contribution in [2.75, 3.05) is 20.1 Å². The third-order valence-corrected chi connectivity index (χ3v) is 3.24. The van der Waals surface area contributed by atoms with Crippen LogP contribution in [0.4, 0.5) is 0 Å². The molecule has 0 aromatic rings. The lowest BCUT2D eigenvalue weighted by molar-refractivity contribution is 0.0655. The standard InChI is InChI=1S/C12H25NO2/c1-10(14)8-13(2)9-11-6-4-3-5-7-12(11)15/h10-12,14-15H,3-9H2,1-2H3. The summed E-state index contributed by atoms with van der Waals surface area (Å²) in [6.07, 6.45) is 5.33. The zero-order chi connectivity index (χ0) is 11.3.